The van der Waals surface area contributed by atoms with Crippen LogP contribution in [0.25, 0.3) is 11.0 Å². The number of aromatic nitrogens is 2. The lowest BCUT2D eigenvalue weighted by molar-refractivity contribution is -0.134. The average molecular weight is 479 g/mol. The smallest absolute Gasteiger partial charge is 0.242 e. The Morgan fingerprint density at radius 1 is 1.06 bits per heavy atom. The topological polar surface area (TPSA) is 67.2 Å². The summed E-state index contributed by atoms with van der Waals surface area (Å²) in [7, 11) is 0. The zero-order valence-corrected chi connectivity index (χ0v) is 21.3. The number of thioether (sulfide) groups is 1. The lowest BCUT2D eigenvalue weighted by Gasteiger charge is -2.35. The van der Waals surface area contributed by atoms with Crippen LogP contribution in [0, 0.1) is 11.8 Å². The summed E-state index contributed by atoms with van der Waals surface area (Å²) in [5, 5.41) is 3.65. The second kappa shape index (κ2) is 10.6. The van der Waals surface area contributed by atoms with Crippen molar-refractivity contribution in [3.8, 4) is 0 Å². The number of benzene rings is 2. The number of hydrogen-bond donors (Lipinski definition) is 1. The summed E-state index contributed by atoms with van der Waals surface area (Å²) in [5.41, 5.74) is 3.78. The van der Waals surface area contributed by atoms with Gasteiger partial charge in [-0.05, 0) is 54.0 Å². The molecule has 2 aromatic carbocycles. The minimum absolute atomic E-state index is 0.0918. The third-order valence-electron chi connectivity index (χ3n) is 6.33. The molecule has 2 amide bonds. The number of fused-ring (bicyclic) bond motifs is 1. The summed E-state index contributed by atoms with van der Waals surface area (Å²) in [6, 6.07) is 15.8. The third kappa shape index (κ3) is 5.81. The summed E-state index contributed by atoms with van der Waals surface area (Å²) in [4.78, 5) is 32.5. The van der Waals surface area contributed by atoms with Gasteiger partial charge in [-0.25, -0.2) is 4.98 Å². The molecule has 0 bridgehead atoms. The summed E-state index contributed by atoms with van der Waals surface area (Å²) >= 11 is 1.37. The van der Waals surface area contributed by atoms with Gasteiger partial charge < -0.3 is 14.8 Å². The lowest BCUT2D eigenvalue weighted by atomic mass is 9.92. The van der Waals surface area contributed by atoms with Crippen LogP contribution in [-0.2, 0) is 16.1 Å². The first-order valence-corrected chi connectivity index (χ1v) is 13.0. The molecule has 1 fully saturated rings. The molecule has 0 radical (unpaired) electrons. The first-order chi connectivity index (χ1) is 16.3. The van der Waals surface area contributed by atoms with Crippen LogP contribution >= 0.6 is 11.8 Å². The van der Waals surface area contributed by atoms with Crippen molar-refractivity contribution >= 4 is 40.3 Å². The van der Waals surface area contributed by atoms with Crippen molar-refractivity contribution in [1.29, 1.82) is 0 Å². The number of piperidine rings is 1. The van der Waals surface area contributed by atoms with Crippen molar-refractivity contribution in [1.82, 2.24) is 14.5 Å². The molecule has 0 unspecified atom stereocenters. The predicted octanol–water partition coefficient (Wildman–Crippen LogP) is 5.40. The van der Waals surface area contributed by atoms with Gasteiger partial charge in [0.2, 0.25) is 11.8 Å². The number of para-hydroxylation sites is 2. The fourth-order valence-electron chi connectivity index (χ4n) is 4.70. The highest BCUT2D eigenvalue weighted by Gasteiger charge is 2.26. The number of likely N-dealkylation sites (tertiary alicyclic amines) is 1. The number of nitrogens with zero attached hydrogens (tertiary/aromatic N) is 3. The molecular formula is C27H34N4O2S. The zero-order valence-electron chi connectivity index (χ0n) is 20.5. The molecule has 4 rings (SSSR count). The highest BCUT2D eigenvalue weighted by atomic mass is 32.2. The molecule has 7 heteroatoms. The van der Waals surface area contributed by atoms with Crippen molar-refractivity contribution in [3.05, 3.63) is 54.1 Å². The van der Waals surface area contributed by atoms with Gasteiger partial charge in [0, 0.05) is 18.8 Å². The first kappa shape index (κ1) is 24.3. The largest absolute Gasteiger partial charge is 0.341 e. The van der Waals surface area contributed by atoms with Gasteiger partial charge >= 0.3 is 0 Å². The molecule has 0 spiro atoms. The van der Waals surface area contributed by atoms with Gasteiger partial charge in [-0.1, -0.05) is 63.7 Å². The fourth-order valence-corrected chi connectivity index (χ4v) is 5.51. The number of rotatable bonds is 7. The van der Waals surface area contributed by atoms with Gasteiger partial charge in [0.1, 0.15) is 6.54 Å². The van der Waals surface area contributed by atoms with E-state index < -0.39 is 0 Å². The van der Waals surface area contributed by atoms with E-state index >= 15 is 0 Å². The monoisotopic (exact) mass is 478 g/mol. The van der Waals surface area contributed by atoms with Gasteiger partial charge in [-0.2, -0.15) is 0 Å². The highest BCUT2D eigenvalue weighted by molar-refractivity contribution is 7.99. The molecule has 34 heavy (non-hydrogen) atoms. The van der Waals surface area contributed by atoms with Crippen LogP contribution in [0.15, 0.2) is 53.7 Å². The number of nitrogens with one attached hydrogen (secondary N) is 1. The van der Waals surface area contributed by atoms with Gasteiger partial charge in [0.15, 0.2) is 5.16 Å². The molecule has 180 valence electrons. The first-order valence-electron chi connectivity index (χ1n) is 12.1. The summed E-state index contributed by atoms with van der Waals surface area (Å²) in [6.45, 7) is 10.5. The Balaban J connectivity index is 1.45. The molecule has 1 aliphatic heterocycles. The van der Waals surface area contributed by atoms with Gasteiger partial charge in [0.25, 0.3) is 0 Å². The Kier molecular flexibility index (Phi) is 7.61. The number of carbonyl (C=O) groups is 2. The van der Waals surface area contributed by atoms with Crippen molar-refractivity contribution in [2.75, 3.05) is 24.2 Å². The Morgan fingerprint density at radius 3 is 2.41 bits per heavy atom. The molecule has 6 nitrogen and oxygen atoms in total. The van der Waals surface area contributed by atoms with Crippen LogP contribution in [-0.4, -0.2) is 45.1 Å². The highest BCUT2D eigenvalue weighted by Crippen LogP contribution is 2.26. The number of imidazole rings is 1. The van der Waals surface area contributed by atoms with Gasteiger partial charge in [0.05, 0.1) is 16.8 Å². The van der Waals surface area contributed by atoms with Crippen LogP contribution in [0.5, 0.6) is 0 Å². The quantitative estimate of drug-likeness (QED) is 0.462. The van der Waals surface area contributed by atoms with Crippen molar-refractivity contribution in [2.45, 2.75) is 51.7 Å². The SMILES string of the molecule is CC(C)c1ccc(NC(=O)CSc2nc3ccccc3n2CC(=O)N2C[C@H](C)C[C@H](C)C2)cc1. The number of amides is 2. The summed E-state index contributed by atoms with van der Waals surface area (Å²) in [6.07, 6.45) is 1.16. The molecule has 0 aliphatic carbocycles. The van der Waals surface area contributed by atoms with Gasteiger partial charge in [-0.15, -0.1) is 0 Å². The van der Waals surface area contributed by atoms with E-state index in [0.717, 1.165) is 36.2 Å². The third-order valence-corrected chi connectivity index (χ3v) is 7.30. The van der Waals surface area contributed by atoms with Crippen LogP contribution in [0.4, 0.5) is 5.69 Å². The Labute approximate surface area is 206 Å². The average Bonchev–Trinajstić information content (AvgIpc) is 3.14. The summed E-state index contributed by atoms with van der Waals surface area (Å²) in [5.74, 6) is 1.72. The van der Waals surface area contributed by atoms with Crippen LogP contribution < -0.4 is 5.32 Å². The predicted molar refractivity (Wildman–Crippen MR) is 139 cm³/mol. The fraction of sp³-hybridized carbons (Fsp3) is 0.444. The van der Waals surface area contributed by atoms with E-state index in [2.05, 4.69) is 33.0 Å². The van der Waals surface area contributed by atoms with E-state index in [1.807, 2.05) is 58.0 Å². The minimum atomic E-state index is -0.0918. The summed E-state index contributed by atoms with van der Waals surface area (Å²) < 4.78 is 1.96. The maximum absolute atomic E-state index is 13.2. The Bertz CT molecular complexity index is 1150. The normalized spacial score (nSPS) is 18.4. The minimum Gasteiger partial charge on any atom is -0.341 e. The van der Waals surface area contributed by atoms with Gasteiger partial charge in [-0.3, -0.25) is 9.59 Å². The Hall–Kier alpha value is -2.80. The molecule has 1 N–H and O–H groups in total. The molecule has 1 saturated heterocycles. The van der Waals surface area contributed by atoms with E-state index in [1.54, 1.807) is 0 Å². The molecule has 2 atom stereocenters. The van der Waals surface area contributed by atoms with E-state index in [-0.39, 0.29) is 24.1 Å². The molecule has 3 aromatic rings. The van der Waals surface area contributed by atoms with E-state index in [9.17, 15) is 9.59 Å². The van der Waals surface area contributed by atoms with Crippen molar-refractivity contribution < 1.29 is 9.59 Å². The van der Waals surface area contributed by atoms with Crippen molar-refractivity contribution in [2.24, 2.45) is 11.8 Å². The van der Waals surface area contributed by atoms with E-state index in [1.165, 1.54) is 17.3 Å². The molecule has 2 heterocycles. The number of anilines is 1. The van der Waals surface area contributed by atoms with E-state index in [0.29, 0.717) is 22.9 Å². The standard InChI is InChI=1S/C27H34N4O2S/c1-18(2)21-9-11-22(12-10-21)28-25(32)17-34-27-29-23-7-5-6-8-24(23)31(27)16-26(33)30-14-19(3)13-20(4)15-30/h5-12,18-20H,13-17H2,1-4H3,(H,28,32)/t19-,20+. The second-order valence-corrected chi connectivity index (χ2v) is 10.8. The van der Waals surface area contributed by atoms with Crippen molar-refractivity contribution in [3.63, 3.8) is 0 Å². The maximum Gasteiger partial charge on any atom is 0.242 e. The number of hydrogen-bond acceptors (Lipinski definition) is 4. The van der Waals surface area contributed by atoms with Crippen LogP contribution in [0.2, 0.25) is 0 Å². The zero-order chi connectivity index (χ0) is 24.2. The van der Waals surface area contributed by atoms with Crippen LogP contribution in [0.3, 0.4) is 0 Å². The number of carbonyl (C=O) groups excluding carboxylic acids is 2. The van der Waals surface area contributed by atoms with E-state index in [4.69, 9.17) is 4.98 Å². The second-order valence-electron chi connectivity index (χ2n) is 9.83. The Morgan fingerprint density at radius 2 is 1.74 bits per heavy atom. The molecule has 1 aromatic heterocycles. The van der Waals surface area contributed by atoms with Crippen LogP contribution in [0.1, 0.15) is 45.6 Å². The maximum atomic E-state index is 13.2. The molecule has 1 aliphatic rings. The molecular weight excluding hydrogens is 444 g/mol. The lowest BCUT2D eigenvalue weighted by Crippen LogP contribution is -2.44. The molecule has 0 saturated carbocycles.